The quantitative estimate of drug-likeness (QED) is 0.657. The predicted molar refractivity (Wildman–Crippen MR) is 91.5 cm³/mol. The van der Waals surface area contributed by atoms with E-state index in [1.807, 2.05) is 18.2 Å². The Labute approximate surface area is 137 Å². The SMILES string of the molecule is CCCCOc1ccc(Cc2c[nH]c(=O)[nH]2)cc1OCCCC. The Morgan fingerprint density at radius 2 is 1.70 bits per heavy atom. The molecule has 0 amide bonds. The molecule has 1 heterocycles. The summed E-state index contributed by atoms with van der Waals surface area (Å²) in [6.07, 6.45) is 6.59. The lowest BCUT2D eigenvalue weighted by atomic mass is 10.1. The zero-order chi connectivity index (χ0) is 16.5. The fraction of sp³-hybridized carbons (Fsp3) is 0.500. The highest BCUT2D eigenvalue weighted by molar-refractivity contribution is 5.43. The van der Waals surface area contributed by atoms with E-state index in [4.69, 9.17) is 9.47 Å². The van der Waals surface area contributed by atoms with Crippen LogP contribution in [0.25, 0.3) is 0 Å². The van der Waals surface area contributed by atoms with Crippen LogP contribution in [0.3, 0.4) is 0 Å². The van der Waals surface area contributed by atoms with Crippen molar-refractivity contribution in [1.82, 2.24) is 9.97 Å². The van der Waals surface area contributed by atoms with E-state index in [1.54, 1.807) is 6.20 Å². The van der Waals surface area contributed by atoms with E-state index in [1.165, 1.54) is 0 Å². The van der Waals surface area contributed by atoms with E-state index in [0.29, 0.717) is 19.6 Å². The van der Waals surface area contributed by atoms with Crippen molar-refractivity contribution in [3.8, 4) is 11.5 Å². The van der Waals surface area contributed by atoms with Crippen molar-refractivity contribution in [3.05, 3.63) is 46.1 Å². The van der Waals surface area contributed by atoms with Crippen LogP contribution in [0.5, 0.6) is 11.5 Å². The summed E-state index contributed by atoms with van der Waals surface area (Å²) >= 11 is 0. The second-order valence-electron chi connectivity index (χ2n) is 5.63. The molecule has 0 bridgehead atoms. The lowest BCUT2D eigenvalue weighted by molar-refractivity contribution is 0.261. The Morgan fingerprint density at radius 1 is 1.00 bits per heavy atom. The number of imidazole rings is 1. The summed E-state index contributed by atoms with van der Waals surface area (Å²) in [6, 6.07) is 5.97. The molecule has 0 aliphatic rings. The fourth-order valence-electron chi connectivity index (χ4n) is 2.23. The van der Waals surface area contributed by atoms with Crippen molar-refractivity contribution in [2.75, 3.05) is 13.2 Å². The molecule has 1 aromatic carbocycles. The molecule has 2 aromatic rings. The third-order valence-electron chi connectivity index (χ3n) is 3.57. The lowest BCUT2D eigenvalue weighted by Crippen LogP contribution is -2.04. The number of benzene rings is 1. The van der Waals surface area contributed by atoms with Gasteiger partial charge in [0.1, 0.15) is 0 Å². The Balaban J connectivity index is 2.10. The Bertz CT molecular complexity index is 646. The second kappa shape index (κ2) is 9.08. The number of H-pyrrole nitrogens is 2. The van der Waals surface area contributed by atoms with Crippen LogP contribution in [0.2, 0.25) is 0 Å². The highest BCUT2D eigenvalue weighted by Crippen LogP contribution is 2.29. The van der Waals surface area contributed by atoms with E-state index >= 15 is 0 Å². The van der Waals surface area contributed by atoms with Crippen molar-refractivity contribution in [2.24, 2.45) is 0 Å². The monoisotopic (exact) mass is 318 g/mol. The van der Waals surface area contributed by atoms with Gasteiger partial charge in [-0.3, -0.25) is 0 Å². The molecule has 0 fully saturated rings. The lowest BCUT2D eigenvalue weighted by Gasteiger charge is -2.14. The van der Waals surface area contributed by atoms with Gasteiger partial charge >= 0.3 is 5.69 Å². The topological polar surface area (TPSA) is 67.1 Å². The summed E-state index contributed by atoms with van der Waals surface area (Å²) in [6.45, 7) is 5.67. The van der Waals surface area contributed by atoms with Gasteiger partial charge < -0.3 is 19.4 Å². The van der Waals surface area contributed by atoms with Crippen LogP contribution in [0.4, 0.5) is 0 Å². The number of ether oxygens (including phenoxy) is 2. The number of hydrogen-bond donors (Lipinski definition) is 2. The number of nitrogens with one attached hydrogen (secondary N) is 2. The number of aromatic nitrogens is 2. The molecule has 5 nitrogen and oxygen atoms in total. The average molecular weight is 318 g/mol. The van der Waals surface area contributed by atoms with Crippen LogP contribution in [-0.2, 0) is 6.42 Å². The molecule has 0 aliphatic heterocycles. The highest BCUT2D eigenvalue weighted by atomic mass is 16.5. The number of unbranched alkanes of at least 4 members (excludes halogenated alkanes) is 2. The maximum atomic E-state index is 11.2. The molecule has 0 radical (unpaired) electrons. The van der Waals surface area contributed by atoms with Gasteiger partial charge in [-0.1, -0.05) is 32.8 Å². The van der Waals surface area contributed by atoms with Gasteiger partial charge in [0.05, 0.1) is 13.2 Å². The first kappa shape index (κ1) is 17.2. The third-order valence-corrected chi connectivity index (χ3v) is 3.57. The molecule has 5 heteroatoms. The van der Waals surface area contributed by atoms with Gasteiger partial charge in [-0.25, -0.2) is 4.79 Å². The van der Waals surface area contributed by atoms with E-state index in [2.05, 4.69) is 23.8 Å². The van der Waals surface area contributed by atoms with Gasteiger partial charge in [-0.2, -0.15) is 0 Å². The summed E-state index contributed by atoms with van der Waals surface area (Å²) in [4.78, 5) is 16.6. The van der Waals surface area contributed by atoms with Crippen LogP contribution in [0, 0.1) is 0 Å². The summed E-state index contributed by atoms with van der Waals surface area (Å²) in [7, 11) is 0. The molecule has 0 saturated heterocycles. The number of rotatable bonds is 10. The second-order valence-corrected chi connectivity index (χ2v) is 5.63. The first-order chi connectivity index (χ1) is 11.2. The first-order valence-corrected chi connectivity index (χ1v) is 8.38. The molecular weight excluding hydrogens is 292 g/mol. The molecule has 0 spiro atoms. The summed E-state index contributed by atoms with van der Waals surface area (Å²) < 4.78 is 11.7. The molecule has 0 atom stereocenters. The fourth-order valence-corrected chi connectivity index (χ4v) is 2.23. The summed E-state index contributed by atoms with van der Waals surface area (Å²) in [5.41, 5.74) is 1.75. The molecular formula is C18H26N2O3. The molecule has 0 saturated carbocycles. The Morgan fingerprint density at radius 3 is 2.30 bits per heavy atom. The summed E-state index contributed by atoms with van der Waals surface area (Å²) in [5, 5.41) is 0. The van der Waals surface area contributed by atoms with Gasteiger partial charge in [0.15, 0.2) is 11.5 Å². The smallest absolute Gasteiger partial charge is 0.323 e. The van der Waals surface area contributed by atoms with Crippen molar-refractivity contribution >= 4 is 0 Å². The average Bonchev–Trinajstić information content (AvgIpc) is 2.95. The van der Waals surface area contributed by atoms with Crippen LogP contribution < -0.4 is 15.2 Å². The van der Waals surface area contributed by atoms with E-state index in [9.17, 15) is 4.79 Å². The van der Waals surface area contributed by atoms with Crippen LogP contribution in [-0.4, -0.2) is 23.2 Å². The van der Waals surface area contributed by atoms with Gasteiger partial charge in [0.25, 0.3) is 0 Å². The van der Waals surface area contributed by atoms with Gasteiger partial charge in [-0.15, -0.1) is 0 Å². The van der Waals surface area contributed by atoms with Crippen LogP contribution in [0.15, 0.2) is 29.2 Å². The number of hydrogen-bond acceptors (Lipinski definition) is 3. The minimum Gasteiger partial charge on any atom is -0.490 e. The van der Waals surface area contributed by atoms with Gasteiger partial charge in [0.2, 0.25) is 0 Å². The highest BCUT2D eigenvalue weighted by Gasteiger charge is 2.08. The van der Waals surface area contributed by atoms with Gasteiger partial charge in [-0.05, 0) is 30.5 Å². The molecule has 23 heavy (non-hydrogen) atoms. The first-order valence-electron chi connectivity index (χ1n) is 8.38. The Kier molecular flexibility index (Phi) is 6.78. The van der Waals surface area contributed by atoms with E-state index in [0.717, 1.165) is 48.4 Å². The van der Waals surface area contributed by atoms with Crippen molar-refractivity contribution in [1.29, 1.82) is 0 Å². The van der Waals surface area contributed by atoms with Crippen molar-refractivity contribution in [2.45, 2.75) is 46.0 Å². The molecule has 2 N–H and O–H groups in total. The Hall–Kier alpha value is -2.17. The van der Waals surface area contributed by atoms with Crippen molar-refractivity contribution < 1.29 is 9.47 Å². The molecule has 0 unspecified atom stereocenters. The van der Waals surface area contributed by atoms with E-state index in [-0.39, 0.29) is 5.69 Å². The zero-order valence-electron chi connectivity index (χ0n) is 14.0. The van der Waals surface area contributed by atoms with Crippen LogP contribution >= 0.6 is 0 Å². The minimum atomic E-state index is -0.182. The molecule has 1 aromatic heterocycles. The maximum absolute atomic E-state index is 11.2. The predicted octanol–water partition coefficient (Wildman–Crippen LogP) is 3.65. The summed E-state index contributed by atoms with van der Waals surface area (Å²) in [5.74, 6) is 1.57. The molecule has 126 valence electrons. The van der Waals surface area contributed by atoms with Crippen molar-refractivity contribution in [3.63, 3.8) is 0 Å². The largest absolute Gasteiger partial charge is 0.490 e. The van der Waals surface area contributed by atoms with Gasteiger partial charge in [0, 0.05) is 18.3 Å². The minimum absolute atomic E-state index is 0.182. The van der Waals surface area contributed by atoms with Crippen LogP contribution in [0.1, 0.15) is 50.8 Å². The standard InChI is InChI=1S/C18H26N2O3/c1-3-5-9-22-16-8-7-14(11-15-13-19-18(21)20-15)12-17(16)23-10-6-4-2/h7-8,12-13H,3-6,9-11H2,1-2H3,(H2,19,20,21). The third kappa shape index (κ3) is 5.51. The molecule has 2 rings (SSSR count). The maximum Gasteiger partial charge on any atom is 0.323 e. The normalized spacial score (nSPS) is 10.7. The molecule has 0 aliphatic carbocycles. The number of aromatic amines is 2. The zero-order valence-corrected chi connectivity index (χ0v) is 14.0. The van der Waals surface area contributed by atoms with E-state index < -0.39 is 0 Å².